The molecule has 10 heteroatoms. The van der Waals surface area contributed by atoms with Crippen LogP contribution in [-0.2, 0) is 9.50 Å². The van der Waals surface area contributed by atoms with Gasteiger partial charge in [-0.25, -0.2) is 0 Å². The third kappa shape index (κ3) is 3.38. The summed E-state index contributed by atoms with van der Waals surface area (Å²) >= 11 is 0. The van der Waals surface area contributed by atoms with Gasteiger partial charge in [-0.05, 0) is 0 Å². The Morgan fingerprint density at radius 3 is 2.61 bits per heavy atom. The van der Waals surface area contributed by atoms with Crippen molar-refractivity contribution < 1.29 is 29.2 Å². The van der Waals surface area contributed by atoms with Gasteiger partial charge >= 0.3 is 134 Å². The van der Waals surface area contributed by atoms with E-state index in [1.165, 1.54) is 0 Å². The number of aromatic hydroxyl groups is 1. The van der Waals surface area contributed by atoms with Crippen molar-refractivity contribution in [2.45, 2.75) is 42.8 Å². The van der Waals surface area contributed by atoms with E-state index in [0.717, 1.165) is 7.15 Å². The number of ether oxygens (including phenoxy) is 1. The van der Waals surface area contributed by atoms with E-state index in [2.05, 4.69) is 10.2 Å². The number of amides is 1. The molecule has 0 spiro atoms. The number of likely N-dealkylation sites (tertiary alicyclic amines) is 1. The Balaban J connectivity index is 1.41. The van der Waals surface area contributed by atoms with Gasteiger partial charge in [0.15, 0.2) is 0 Å². The minimum atomic E-state index is -1.27. The summed E-state index contributed by atoms with van der Waals surface area (Å²) in [6, 6.07) is 3.08. The van der Waals surface area contributed by atoms with Gasteiger partial charge in [-0.2, -0.15) is 0 Å². The fourth-order valence-corrected chi connectivity index (χ4v) is 4.15. The summed E-state index contributed by atoms with van der Waals surface area (Å²) in [5.74, 6) is -2.11. The van der Waals surface area contributed by atoms with Crippen LogP contribution in [0.2, 0.25) is 5.82 Å². The molecule has 1 amide bonds. The van der Waals surface area contributed by atoms with Crippen LogP contribution >= 0.6 is 0 Å². The van der Waals surface area contributed by atoms with Crippen LogP contribution in [0.25, 0.3) is 0 Å². The molecule has 0 aromatic heterocycles. The summed E-state index contributed by atoms with van der Waals surface area (Å²) in [5.41, 5.74) is 5.54. The number of phenols is 1. The van der Waals surface area contributed by atoms with Crippen LogP contribution in [-0.4, -0.2) is 72.0 Å². The van der Waals surface area contributed by atoms with Crippen LogP contribution < -0.4 is 15.8 Å². The monoisotopic (exact) mass is 387 g/mol. The molecule has 1 aromatic carbocycles. The number of carboxylic acids is 1. The van der Waals surface area contributed by atoms with Gasteiger partial charge in [-0.15, -0.1) is 0 Å². The third-order valence-electron chi connectivity index (χ3n) is 5.94. The Hall–Kier alpha value is -2.46. The van der Waals surface area contributed by atoms with E-state index in [0.29, 0.717) is 38.0 Å². The van der Waals surface area contributed by atoms with Crippen LogP contribution in [0.4, 0.5) is 0 Å². The molecule has 1 saturated carbocycles. The molecule has 3 fully saturated rings. The maximum absolute atomic E-state index is 11.7. The van der Waals surface area contributed by atoms with Gasteiger partial charge < -0.3 is 11.1 Å². The van der Waals surface area contributed by atoms with Gasteiger partial charge in [-0.1, -0.05) is 0 Å². The number of aromatic carboxylic acids is 1. The van der Waals surface area contributed by atoms with E-state index >= 15 is 0 Å². The Bertz CT molecular complexity index is 828. The topological polar surface area (TPSA) is 142 Å². The second-order valence-electron chi connectivity index (χ2n) is 7.77. The normalized spacial score (nSPS) is 29.7. The number of primary amides is 1. The van der Waals surface area contributed by atoms with Crippen LogP contribution in [0.15, 0.2) is 12.1 Å². The van der Waals surface area contributed by atoms with E-state index in [9.17, 15) is 24.5 Å². The fourth-order valence-electron chi connectivity index (χ4n) is 4.15. The van der Waals surface area contributed by atoms with Crippen molar-refractivity contribution in [3.05, 3.63) is 23.3 Å². The van der Waals surface area contributed by atoms with Gasteiger partial charge in [-0.3, -0.25) is 4.79 Å². The first-order valence-corrected chi connectivity index (χ1v) is 9.36. The van der Waals surface area contributed by atoms with E-state index in [-0.39, 0.29) is 52.9 Å². The number of benzene rings is 1. The molecule has 0 unspecified atom stereocenters. The van der Waals surface area contributed by atoms with Gasteiger partial charge in [0.05, 0.1) is 6.04 Å². The fraction of sp³-hybridized carbons (Fsp3) is 0.556. The second kappa shape index (κ2) is 7.18. The molecular weight excluding hydrogens is 365 g/mol. The van der Waals surface area contributed by atoms with E-state index in [4.69, 9.17) is 10.5 Å². The maximum atomic E-state index is 11.7. The number of nitrogens with one attached hydrogen (secondary N) is 1. The number of nitrogens with two attached hydrogens (primary N) is 1. The molecule has 5 N–H and O–H groups in total. The first kappa shape index (κ1) is 18.9. The number of rotatable bonds is 7. The summed E-state index contributed by atoms with van der Waals surface area (Å²) in [7, 11) is 0.832. The Morgan fingerprint density at radius 2 is 2.04 bits per heavy atom. The Morgan fingerprint density at radius 1 is 1.29 bits per heavy atom. The summed E-state index contributed by atoms with van der Waals surface area (Å²) < 4.78 is 16.7. The number of carboxylic acid groups (broad SMARTS) is 1. The van der Waals surface area contributed by atoms with Crippen molar-refractivity contribution in [2.24, 2.45) is 5.73 Å². The second-order valence-corrected chi connectivity index (χ2v) is 7.77. The molecule has 1 aromatic rings. The smallest absolute Gasteiger partial charge is 0.304 e. The molecule has 3 aliphatic rings. The molecule has 2 aliphatic heterocycles. The molecule has 4 atom stereocenters. The average molecular weight is 387 g/mol. The van der Waals surface area contributed by atoms with Crippen molar-refractivity contribution in [2.75, 3.05) is 19.6 Å². The minimum Gasteiger partial charge on any atom is -0.304 e. The zero-order valence-electron chi connectivity index (χ0n) is 15.2. The summed E-state index contributed by atoms with van der Waals surface area (Å²) in [6.07, 6.45) is 1.08. The summed E-state index contributed by atoms with van der Waals surface area (Å²) in [5, 5.41) is 23.1. The first-order valence-electron chi connectivity index (χ1n) is 9.36. The van der Waals surface area contributed by atoms with Crippen LogP contribution in [0.3, 0.4) is 0 Å². The SMILES string of the molecule is NC(=O)[C@@H]1C[C@H](N2CC(Oc3ccc([C@H]4C[C@H]4B=O)c(O)c3C(=O)O)C2)CN1. The standard InChI is InChI=1S/C18H22BN3O6/c20-17(24)13-3-8(5-21-13)22-6-9(7-22)28-14-2-1-10(11-4-12(11)19-27)16(23)15(14)18(25)26/h1-2,8-9,11-13,21,23H,3-7H2,(H2,20,24)(H,25,26)/t8-,11+,12+,13-/m0/s1. The van der Waals surface area contributed by atoms with E-state index < -0.39 is 5.97 Å². The summed E-state index contributed by atoms with van der Waals surface area (Å²) in [6.45, 7) is 1.89. The Kier molecular flexibility index (Phi) is 4.84. The van der Waals surface area contributed by atoms with Crippen molar-refractivity contribution in [1.29, 1.82) is 0 Å². The van der Waals surface area contributed by atoms with Crippen molar-refractivity contribution in [1.82, 2.24) is 10.2 Å². The van der Waals surface area contributed by atoms with Gasteiger partial charge in [0.25, 0.3) is 0 Å². The summed E-state index contributed by atoms with van der Waals surface area (Å²) in [4.78, 5) is 25.1. The van der Waals surface area contributed by atoms with Gasteiger partial charge in [0.1, 0.15) is 0 Å². The van der Waals surface area contributed by atoms with Crippen molar-refractivity contribution in [3.8, 4) is 11.5 Å². The van der Waals surface area contributed by atoms with E-state index in [1.807, 2.05) is 0 Å². The molecule has 4 rings (SSSR count). The van der Waals surface area contributed by atoms with Crippen LogP contribution in [0.1, 0.15) is 34.7 Å². The van der Waals surface area contributed by atoms with E-state index in [1.54, 1.807) is 12.1 Å². The van der Waals surface area contributed by atoms with Gasteiger partial charge in [0, 0.05) is 0 Å². The number of hydrogen-bond donors (Lipinski definition) is 4. The van der Waals surface area contributed by atoms with Crippen molar-refractivity contribution in [3.63, 3.8) is 0 Å². The van der Waals surface area contributed by atoms with Gasteiger partial charge in [0.2, 0.25) is 5.91 Å². The number of hydrogen-bond acceptors (Lipinski definition) is 7. The minimum absolute atomic E-state index is 0.126. The number of carbonyl (C=O) groups excluding carboxylic acids is 1. The third-order valence-corrected chi connectivity index (χ3v) is 5.94. The first-order chi connectivity index (χ1) is 13.4. The molecule has 0 radical (unpaired) electrons. The molecule has 1 aliphatic carbocycles. The predicted molar refractivity (Wildman–Crippen MR) is 98.0 cm³/mol. The number of nitrogens with zero attached hydrogens (tertiary/aromatic N) is 1. The zero-order chi connectivity index (χ0) is 20.0. The van der Waals surface area contributed by atoms with Crippen LogP contribution in [0.5, 0.6) is 11.5 Å². The zero-order valence-corrected chi connectivity index (χ0v) is 15.2. The average Bonchev–Trinajstić information content (AvgIpc) is 3.22. The molecule has 0 bridgehead atoms. The molecule has 9 nitrogen and oxygen atoms in total. The molecule has 28 heavy (non-hydrogen) atoms. The quantitative estimate of drug-likeness (QED) is 0.467. The molecule has 148 valence electrons. The number of carbonyl (C=O) groups is 2. The molecular formula is C18H22BN3O6. The van der Waals surface area contributed by atoms with Crippen molar-refractivity contribution >= 4 is 19.0 Å². The predicted octanol–water partition coefficient (Wildman–Crippen LogP) is -0.305. The molecule has 2 saturated heterocycles. The molecule has 2 heterocycles. The Labute approximate surface area is 162 Å². The van der Waals surface area contributed by atoms with Crippen LogP contribution in [0, 0.1) is 0 Å².